The molecule has 3 nitrogen and oxygen atoms in total. The summed E-state index contributed by atoms with van der Waals surface area (Å²) >= 11 is 0. The number of benzene rings is 1. The fourth-order valence-corrected chi connectivity index (χ4v) is 3.60. The third-order valence-electron chi connectivity index (χ3n) is 4.87. The second kappa shape index (κ2) is 7.26. The van der Waals surface area contributed by atoms with E-state index >= 15 is 0 Å². The highest BCUT2D eigenvalue weighted by Crippen LogP contribution is 2.23. The summed E-state index contributed by atoms with van der Waals surface area (Å²) in [4.78, 5) is 2.56. The van der Waals surface area contributed by atoms with Crippen LogP contribution in [0.25, 0.3) is 0 Å². The van der Waals surface area contributed by atoms with Crippen LogP contribution in [0.4, 0.5) is 4.39 Å². The van der Waals surface area contributed by atoms with Crippen LogP contribution in [-0.2, 0) is 20.0 Å². The van der Waals surface area contributed by atoms with Gasteiger partial charge in [-0.05, 0) is 62.8 Å². The second-order valence-electron chi connectivity index (χ2n) is 6.82. The fraction of sp³-hybridized carbons (Fsp3) is 0.526. The van der Waals surface area contributed by atoms with Crippen molar-refractivity contribution in [2.24, 2.45) is 13.0 Å². The SMILES string of the molecule is Cc1nn(C)cc1CN1CCC[C@H](CCc2ccc(F)cc2)C1. The molecule has 0 radical (unpaired) electrons. The molecule has 0 amide bonds. The minimum absolute atomic E-state index is 0.149. The molecular formula is C19H26FN3. The van der Waals surface area contributed by atoms with Crippen LogP contribution in [0.1, 0.15) is 36.1 Å². The van der Waals surface area contributed by atoms with E-state index in [-0.39, 0.29) is 5.82 Å². The van der Waals surface area contributed by atoms with Gasteiger partial charge in [-0.3, -0.25) is 9.58 Å². The van der Waals surface area contributed by atoms with Gasteiger partial charge in [0.05, 0.1) is 5.69 Å². The van der Waals surface area contributed by atoms with E-state index in [1.54, 1.807) is 12.1 Å². The summed E-state index contributed by atoms with van der Waals surface area (Å²) in [5, 5.41) is 4.44. The number of hydrogen-bond donors (Lipinski definition) is 0. The number of rotatable bonds is 5. The van der Waals surface area contributed by atoms with E-state index in [1.807, 2.05) is 23.9 Å². The maximum atomic E-state index is 13.0. The van der Waals surface area contributed by atoms with Crippen molar-refractivity contribution in [3.8, 4) is 0 Å². The van der Waals surface area contributed by atoms with Gasteiger partial charge < -0.3 is 0 Å². The van der Waals surface area contributed by atoms with Crippen LogP contribution in [0, 0.1) is 18.7 Å². The van der Waals surface area contributed by atoms with Gasteiger partial charge in [-0.2, -0.15) is 5.10 Å². The summed E-state index contributed by atoms with van der Waals surface area (Å²) in [6, 6.07) is 6.95. The molecule has 1 aliphatic rings. The van der Waals surface area contributed by atoms with Gasteiger partial charge in [0.25, 0.3) is 0 Å². The second-order valence-corrected chi connectivity index (χ2v) is 6.82. The van der Waals surface area contributed by atoms with Crippen molar-refractivity contribution < 1.29 is 4.39 Å². The summed E-state index contributed by atoms with van der Waals surface area (Å²) < 4.78 is 14.9. The van der Waals surface area contributed by atoms with E-state index in [2.05, 4.69) is 23.1 Å². The Morgan fingerprint density at radius 1 is 1.26 bits per heavy atom. The van der Waals surface area contributed by atoms with Gasteiger partial charge in [0.15, 0.2) is 0 Å². The molecule has 1 fully saturated rings. The van der Waals surface area contributed by atoms with E-state index in [9.17, 15) is 4.39 Å². The molecule has 1 atom stereocenters. The first-order chi connectivity index (χ1) is 11.1. The lowest BCUT2D eigenvalue weighted by Gasteiger charge is -2.32. The number of likely N-dealkylation sites (tertiary alicyclic amines) is 1. The molecule has 3 rings (SSSR count). The first-order valence-electron chi connectivity index (χ1n) is 8.56. The zero-order valence-electron chi connectivity index (χ0n) is 14.1. The Hall–Kier alpha value is -1.68. The van der Waals surface area contributed by atoms with Crippen molar-refractivity contribution >= 4 is 0 Å². The molecule has 0 N–H and O–H groups in total. The first-order valence-corrected chi connectivity index (χ1v) is 8.56. The lowest BCUT2D eigenvalue weighted by atomic mass is 9.91. The zero-order chi connectivity index (χ0) is 16.2. The summed E-state index contributed by atoms with van der Waals surface area (Å²) in [5.41, 5.74) is 3.72. The number of nitrogens with zero attached hydrogens (tertiary/aromatic N) is 3. The maximum absolute atomic E-state index is 13.0. The number of hydrogen-bond acceptors (Lipinski definition) is 2. The van der Waals surface area contributed by atoms with Gasteiger partial charge in [0, 0.05) is 31.9 Å². The van der Waals surface area contributed by atoms with Gasteiger partial charge >= 0.3 is 0 Å². The van der Waals surface area contributed by atoms with E-state index in [0.717, 1.165) is 31.1 Å². The largest absolute Gasteiger partial charge is 0.299 e. The number of halogens is 1. The molecular weight excluding hydrogens is 289 g/mol. The third kappa shape index (κ3) is 4.41. The highest BCUT2D eigenvalue weighted by atomic mass is 19.1. The molecule has 1 saturated heterocycles. The highest BCUT2D eigenvalue weighted by molar-refractivity contribution is 5.16. The monoisotopic (exact) mass is 315 g/mol. The molecule has 0 bridgehead atoms. The number of aryl methyl sites for hydroxylation is 3. The maximum Gasteiger partial charge on any atom is 0.123 e. The van der Waals surface area contributed by atoms with E-state index in [0.29, 0.717) is 0 Å². The molecule has 0 aliphatic carbocycles. The molecule has 2 aromatic rings. The Morgan fingerprint density at radius 2 is 2.04 bits per heavy atom. The zero-order valence-corrected chi connectivity index (χ0v) is 14.1. The molecule has 2 heterocycles. The molecule has 23 heavy (non-hydrogen) atoms. The summed E-state index contributed by atoms with van der Waals surface area (Å²) in [6.07, 6.45) is 6.95. The van der Waals surface area contributed by atoms with Crippen molar-refractivity contribution in [3.05, 3.63) is 53.1 Å². The quantitative estimate of drug-likeness (QED) is 0.838. The fourth-order valence-electron chi connectivity index (χ4n) is 3.60. The molecule has 124 valence electrons. The molecule has 1 aromatic carbocycles. The molecule has 0 spiro atoms. The van der Waals surface area contributed by atoms with Gasteiger partial charge in [-0.15, -0.1) is 0 Å². The van der Waals surface area contributed by atoms with Crippen LogP contribution in [0.3, 0.4) is 0 Å². The number of aromatic nitrogens is 2. The predicted octanol–water partition coefficient (Wildman–Crippen LogP) is 3.71. The van der Waals surface area contributed by atoms with Crippen molar-refractivity contribution in [3.63, 3.8) is 0 Å². The van der Waals surface area contributed by atoms with Crippen LogP contribution < -0.4 is 0 Å². The lowest BCUT2D eigenvalue weighted by molar-refractivity contribution is 0.161. The molecule has 0 unspecified atom stereocenters. The van der Waals surface area contributed by atoms with Crippen molar-refractivity contribution in [1.82, 2.24) is 14.7 Å². The first kappa shape index (κ1) is 16.2. The summed E-state index contributed by atoms with van der Waals surface area (Å²) in [6.45, 7) is 5.44. The summed E-state index contributed by atoms with van der Waals surface area (Å²) in [5.74, 6) is 0.593. The van der Waals surface area contributed by atoms with E-state index in [1.165, 1.54) is 36.9 Å². The van der Waals surface area contributed by atoms with Gasteiger partial charge in [0.1, 0.15) is 5.82 Å². The van der Waals surface area contributed by atoms with Crippen LogP contribution in [0.15, 0.2) is 30.5 Å². The van der Waals surface area contributed by atoms with E-state index in [4.69, 9.17) is 0 Å². The van der Waals surface area contributed by atoms with Gasteiger partial charge in [-0.25, -0.2) is 4.39 Å². The smallest absolute Gasteiger partial charge is 0.123 e. The lowest BCUT2D eigenvalue weighted by Crippen LogP contribution is -2.35. The Morgan fingerprint density at radius 3 is 2.74 bits per heavy atom. The minimum Gasteiger partial charge on any atom is -0.299 e. The number of piperidine rings is 1. The average molecular weight is 315 g/mol. The van der Waals surface area contributed by atoms with E-state index < -0.39 is 0 Å². The van der Waals surface area contributed by atoms with Crippen LogP contribution in [-0.4, -0.2) is 27.8 Å². The standard InChI is InChI=1S/C19H26FN3/c1-15-18(13-22(2)21-15)14-23-11-3-4-17(12-23)6-5-16-7-9-19(20)10-8-16/h7-10,13,17H,3-6,11-12,14H2,1-2H3/t17-/m1/s1. The highest BCUT2D eigenvalue weighted by Gasteiger charge is 2.20. The van der Waals surface area contributed by atoms with Gasteiger partial charge in [-0.1, -0.05) is 12.1 Å². The summed E-state index contributed by atoms with van der Waals surface area (Å²) in [7, 11) is 1.98. The van der Waals surface area contributed by atoms with Crippen LogP contribution >= 0.6 is 0 Å². The molecule has 4 heteroatoms. The van der Waals surface area contributed by atoms with Crippen LogP contribution in [0.5, 0.6) is 0 Å². The minimum atomic E-state index is -0.149. The normalized spacial score (nSPS) is 19.2. The average Bonchev–Trinajstić information content (AvgIpc) is 2.85. The third-order valence-corrected chi connectivity index (χ3v) is 4.87. The topological polar surface area (TPSA) is 21.1 Å². The van der Waals surface area contributed by atoms with Crippen LogP contribution in [0.2, 0.25) is 0 Å². The predicted molar refractivity (Wildman–Crippen MR) is 90.7 cm³/mol. The van der Waals surface area contributed by atoms with Crippen molar-refractivity contribution in [1.29, 1.82) is 0 Å². The molecule has 0 saturated carbocycles. The van der Waals surface area contributed by atoms with Crippen molar-refractivity contribution in [2.45, 2.75) is 39.2 Å². The molecule has 1 aromatic heterocycles. The Kier molecular flexibility index (Phi) is 5.11. The Labute approximate surface area is 138 Å². The van der Waals surface area contributed by atoms with Crippen molar-refractivity contribution in [2.75, 3.05) is 13.1 Å². The van der Waals surface area contributed by atoms with Gasteiger partial charge in [0.2, 0.25) is 0 Å². The molecule has 1 aliphatic heterocycles. The Bertz CT molecular complexity index is 633. The Balaban J connectivity index is 1.51.